The standard InChI is InChI=1S/C14H16N4O3S2/c1-10-3-4-12(21-2)13(7-10)23(19,20)17-6-5-11-8-22-14-15-9-16-18(11)14/h3-4,7-9,17H,5-6H2,1-2H3. The summed E-state index contributed by atoms with van der Waals surface area (Å²) < 4.78 is 34.4. The van der Waals surface area contributed by atoms with Gasteiger partial charge in [0.25, 0.3) is 0 Å². The number of aryl methyl sites for hydroxylation is 1. The van der Waals surface area contributed by atoms with Crippen molar-refractivity contribution in [1.82, 2.24) is 19.3 Å². The van der Waals surface area contributed by atoms with Crippen LogP contribution in [-0.2, 0) is 16.4 Å². The third kappa shape index (κ3) is 3.21. The molecule has 0 fully saturated rings. The maximum atomic E-state index is 12.5. The number of rotatable bonds is 6. The highest BCUT2D eigenvalue weighted by atomic mass is 32.2. The van der Waals surface area contributed by atoms with E-state index < -0.39 is 10.0 Å². The van der Waals surface area contributed by atoms with Gasteiger partial charge in [-0.05, 0) is 24.6 Å². The molecule has 0 aliphatic rings. The first kappa shape index (κ1) is 15.9. The van der Waals surface area contributed by atoms with E-state index in [2.05, 4.69) is 14.8 Å². The van der Waals surface area contributed by atoms with E-state index in [0.29, 0.717) is 12.2 Å². The third-order valence-electron chi connectivity index (χ3n) is 3.37. The first-order valence-electron chi connectivity index (χ1n) is 6.91. The Hall–Kier alpha value is -1.97. The topological polar surface area (TPSA) is 85.6 Å². The Morgan fingerprint density at radius 2 is 2.22 bits per heavy atom. The number of hydrogen-bond acceptors (Lipinski definition) is 6. The number of benzene rings is 1. The number of hydrogen-bond donors (Lipinski definition) is 1. The van der Waals surface area contributed by atoms with Crippen LogP contribution in [0.15, 0.2) is 34.8 Å². The second-order valence-electron chi connectivity index (χ2n) is 4.98. The summed E-state index contributed by atoms with van der Waals surface area (Å²) in [6.07, 6.45) is 2.01. The average Bonchev–Trinajstić information content (AvgIpc) is 3.12. The Morgan fingerprint density at radius 1 is 1.39 bits per heavy atom. The summed E-state index contributed by atoms with van der Waals surface area (Å²) in [5.74, 6) is 0.331. The maximum absolute atomic E-state index is 12.5. The number of ether oxygens (including phenoxy) is 1. The van der Waals surface area contributed by atoms with Gasteiger partial charge in [0.2, 0.25) is 15.0 Å². The lowest BCUT2D eigenvalue weighted by atomic mass is 10.2. The molecule has 0 amide bonds. The molecule has 0 atom stereocenters. The molecule has 0 saturated heterocycles. The van der Waals surface area contributed by atoms with Crippen LogP contribution >= 0.6 is 11.3 Å². The first-order valence-corrected chi connectivity index (χ1v) is 9.28. The van der Waals surface area contributed by atoms with E-state index in [1.165, 1.54) is 24.8 Å². The predicted octanol–water partition coefficient (Wildman–Crippen LogP) is 1.63. The van der Waals surface area contributed by atoms with Gasteiger partial charge in [0.15, 0.2) is 0 Å². The predicted molar refractivity (Wildman–Crippen MR) is 87.5 cm³/mol. The molecule has 0 unspecified atom stereocenters. The summed E-state index contributed by atoms with van der Waals surface area (Å²) in [7, 11) is -2.18. The van der Waals surface area contributed by atoms with Crippen LogP contribution < -0.4 is 9.46 Å². The SMILES string of the molecule is COc1ccc(C)cc1S(=O)(=O)NCCc1csc2ncnn12. The molecule has 0 bridgehead atoms. The number of nitrogens with zero attached hydrogens (tertiary/aromatic N) is 3. The second kappa shape index (κ2) is 6.26. The lowest BCUT2D eigenvalue weighted by molar-refractivity contribution is 0.402. The smallest absolute Gasteiger partial charge is 0.244 e. The van der Waals surface area contributed by atoms with Gasteiger partial charge in [-0.3, -0.25) is 0 Å². The molecule has 0 radical (unpaired) electrons. The highest BCUT2D eigenvalue weighted by Gasteiger charge is 2.19. The molecule has 0 aliphatic heterocycles. The van der Waals surface area contributed by atoms with E-state index in [1.54, 1.807) is 16.6 Å². The van der Waals surface area contributed by atoms with Crippen molar-refractivity contribution >= 4 is 26.3 Å². The van der Waals surface area contributed by atoms with Gasteiger partial charge in [0.1, 0.15) is 17.0 Å². The van der Waals surface area contributed by atoms with Crippen LogP contribution in [0.2, 0.25) is 0 Å². The van der Waals surface area contributed by atoms with Crippen molar-refractivity contribution in [2.45, 2.75) is 18.2 Å². The molecule has 2 heterocycles. The van der Waals surface area contributed by atoms with E-state index >= 15 is 0 Å². The highest BCUT2D eigenvalue weighted by Crippen LogP contribution is 2.24. The Kier molecular flexibility index (Phi) is 4.33. The lowest BCUT2D eigenvalue weighted by Crippen LogP contribution is -2.26. The molecule has 0 aliphatic carbocycles. The van der Waals surface area contributed by atoms with Crippen molar-refractivity contribution in [3.8, 4) is 5.75 Å². The number of thiazole rings is 1. The molecule has 3 aromatic rings. The van der Waals surface area contributed by atoms with Gasteiger partial charge >= 0.3 is 0 Å². The maximum Gasteiger partial charge on any atom is 0.244 e. The molecular weight excluding hydrogens is 336 g/mol. The largest absolute Gasteiger partial charge is 0.495 e. The summed E-state index contributed by atoms with van der Waals surface area (Å²) >= 11 is 1.48. The van der Waals surface area contributed by atoms with Crippen LogP contribution in [0.25, 0.3) is 4.96 Å². The van der Waals surface area contributed by atoms with E-state index in [4.69, 9.17) is 4.74 Å². The summed E-state index contributed by atoms with van der Waals surface area (Å²) in [6.45, 7) is 2.11. The fraction of sp³-hybridized carbons (Fsp3) is 0.286. The number of fused-ring (bicyclic) bond motifs is 1. The van der Waals surface area contributed by atoms with Crippen molar-refractivity contribution in [2.75, 3.05) is 13.7 Å². The molecule has 7 nitrogen and oxygen atoms in total. The zero-order valence-corrected chi connectivity index (χ0v) is 14.3. The van der Waals surface area contributed by atoms with Crippen LogP contribution in [0.3, 0.4) is 0 Å². The minimum atomic E-state index is -3.64. The summed E-state index contributed by atoms with van der Waals surface area (Å²) in [5.41, 5.74) is 1.77. The van der Waals surface area contributed by atoms with E-state index in [-0.39, 0.29) is 11.4 Å². The Labute approximate surface area is 138 Å². The van der Waals surface area contributed by atoms with Gasteiger partial charge in [-0.1, -0.05) is 6.07 Å². The average molecular weight is 352 g/mol. The molecule has 122 valence electrons. The van der Waals surface area contributed by atoms with E-state index in [0.717, 1.165) is 16.2 Å². The molecular formula is C14H16N4O3S2. The third-order valence-corrected chi connectivity index (χ3v) is 5.73. The van der Waals surface area contributed by atoms with Crippen LogP contribution in [0, 0.1) is 6.92 Å². The van der Waals surface area contributed by atoms with Crippen molar-refractivity contribution in [3.63, 3.8) is 0 Å². The van der Waals surface area contributed by atoms with E-state index in [1.807, 2.05) is 18.4 Å². The summed E-state index contributed by atoms with van der Waals surface area (Å²) in [4.78, 5) is 5.04. The fourth-order valence-corrected chi connectivity index (χ4v) is 4.34. The molecule has 0 spiro atoms. The Morgan fingerprint density at radius 3 is 3.00 bits per heavy atom. The monoisotopic (exact) mass is 352 g/mol. The van der Waals surface area contributed by atoms with Crippen LogP contribution in [0.1, 0.15) is 11.3 Å². The minimum absolute atomic E-state index is 0.149. The van der Waals surface area contributed by atoms with E-state index in [9.17, 15) is 8.42 Å². The second-order valence-corrected chi connectivity index (χ2v) is 7.56. The fourth-order valence-electron chi connectivity index (χ4n) is 2.23. The molecule has 1 aromatic carbocycles. The van der Waals surface area contributed by atoms with Crippen LogP contribution in [0.4, 0.5) is 0 Å². The van der Waals surface area contributed by atoms with Gasteiger partial charge in [-0.25, -0.2) is 22.6 Å². The number of aromatic nitrogens is 3. The number of sulfonamides is 1. The van der Waals surface area contributed by atoms with Gasteiger partial charge < -0.3 is 4.74 Å². The number of nitrogens with one attached hydrogen (secondary N) is 1. The van der Waals surface area contributed by atoms with Crippen LogP contribution in [0.5, 0.6) is 5.75 Å². The van der Waals surface area contributed by atoms with Crippen molar-refractivity contribution in [2.24, 2.45) is 0 Å². The van der Waals surface area contributed by atoms with Gasteiger partial charge in [0, 0.05) is 18.3 Å². The van der Waals surface area contributed by atoms with Crippen LogP contribution in [-0.4, -0.2) is 36.7 Å². The normalized spacial score (nSPS) is 11.9. The molecule has 9 heteroatoms. The molecule has 1 N–H and O–H groups in total. The molecule has 3 rings (SSSR count). The molecule has 0 saturated carbocycles. The zero-order chi connectivity index (χ0) is 16.4. The van der Waals surface area contributed by atoms with Crippen molar-refractivity contribution < 1.29 is 13.2 Å². The molecule has 23 heavy (non-hydrogen) atoms. The lowest BCUT2D eigenvalue weighted by Gasteiger charge is -2.11. The zero-order valence-electron chi connectivity index (χ0n) is 12.7. The Bertz CT molecular complexity index is 931. The minimum Gasteiger partial charge on any atom is -0.495 e. The van der Waals surface area contributed by atoms with Gasteiger partial charge in [-0.15, -0.1) is 11.3 Å². The molecule has 2 aromatic heterocycles. The quantitative estimate of drug-likeness (QED) is 0.729. The number of methoxy groups -OCH3 is 1. The summed E-state index contributed by atoms with van der Waals surface area (Å²) in [5, 5.41) is 6.04. The van der Waals surface area contributed by atoms with Crippen molar-refractivity contribution in [3.05, 3.63) is 41.2 Å². The summed E-state index contributed by atoms with van der Waals surface area (Å²) in [6, 6.07) is 5.06. The highest BCUT2D eigenvalue weighted by molar-refractivity contribution is 7.89. The van der Waals surface area contributed by atoms with Gasteiger partial charge in [-0.2, -0.15) is 5.10 Å². The Balaban J connectivity index is 1.74. The first-order chi connectivity index (χ1) is 11.0. The van der Waals surface area contributed by atoms with Gasteiger partial charge in [0.05, 0.1) is 12.8 Å². The van der Waals surface area contributed by atoms with Crippen molar-refractivity contribution in [1.29, 1.82) is 0 Å².